The van der Waals surface area contributed by atoms with E-state index in [4.69, 9.17) is 0 Å². The summed E-state index contributed by atoms with van der Waals surface area (Å²) in [7, 11) is 0. The molecule has 0 spiro atoms. The molecule has 2 nitrogen and oxygen atoms in total. The van der Waals surface area contributed by atoms with Gasteiger partial charge in [0.1, 0.15) is 0 Å². The molecule has 0 fully saturated rings. The molecule has 1 rings (SSSR count). The predicted molar refractivity (Wildman–Crippen MR) is 36.1 cm³/mol. The maximum Gasteiger partial charge on any atom is 0.0336 e. The summed E-state index contributed by atoms with van der Waals surface area (Å²) in [6, 6.07) is 1.81. The van der Waals surface area contributed by atoms with Gasteiger partial charge in [-0.2, -0.15) is 6.07 Å². The van der Waals surface area contributed by atoms with Gasteiger partial charge in [-0.25, -0.2) is 0 Å². The van der Waals surface area contributed by atoms with Crippen LogP contribution in [0, 0.1) is 6.20 Å². The second kappa shape index (κ2) is 3.32. The van der Waals surface area contributed by atoms with E-state index in [0.717, 1.165) is 0 Å². The topological polar surface area (TPSA) is 17.8 Å². The van der Waals surface area contributed by atoms with E-state index >= 15 is 0 Å². The van der Waals surface area contributed by atoms with Crippen molar-refractivity contribution in [3.8, 4) is 0 Å². The minimum atomic E-state index is 0. The van der Waals surface area contributed by atoms with Gasteiger partial charge >= 0.3 is 0 Å². The van der Waals surface area contributed by atoms with Crippen LogP contribution in [0.15, 0.2) is 12.3 Å². The number of aromatic nitrogens is 2. The molecule has 0 aliphatic rings. The van der Waals surface area contributed by atoms with Gasteiger partial charge in [0.05, 0.1) is 0 Å². The van der Waals surface area contributed by atoms with Crippen molar-refractivity contribution in [1.82, 2.24) is 9.78 Å². The molecule has 0 N–H and O–H groups in total. The first-order valence-electron chi connectivity index (χ1n) is 3.03. The standard InChI is InChI=1S/C7H11N2.Re/c1-7(2,3)9-6-4-5-8-9;/h4,6H,1-3H3;/q-1;. The Kier molecular flexibility index (Phi) is 3.28. The van der Waals surface area contributed by atoms with Crippen LogP contribution in [0.4, 0.5) is 0 Å². The predicted octanol–water partition coefficient (Wildman–Crippen LogP) is 1.44. The van der Waals surface area contributed by atoms with Crippen LogP contribution in [0.2, 0.25) is 0 Å². The summed E-state index contributed by atoms with van der Waals surface area (Å²) in [6.07, 6.45) is 4.67. The van der Waals surface area contributed by atoms with E-state index in [0.29, 0.717) is 0 Å². The Morgan fingerprint density at radius 2 is 2.00 bits per heavy atom. The largest absolute Gasteiger partial charge is 0.363 e. The van der Waals surface area contributed by atoms with E-state index in [1.807, 2.05) is 16.9 Å². The maximum atomic E-state index is 3.98. The van der Waals surface area contributed by atoms with Gasteiger partial charge in [-0.15, -0.1) is 12.4 Å². The average molecular weight is 309 g/mol. The maximum absolute atomic E-state index is 3.98. The molecule has 0 unspecified atom stereocenters. The van der Waals surface area contributed by atoms with E-state index in [2.05, 4.69) is 32.1 Å². The normalized spacial score (nSPS) is 10.7. The molecular weight excluding hydrogens is 298 g/mol. The van der Waals surface area contributed by atoms with Crippen LogP contribution in [0.5, 0.6) is 0 Å². The van der Waals surface area contributed by atoms with E-state index in [1.165, 1.54) is 0 Å². The van der Waals surface area contributed by atoms with Crippen molar-refractivity contribution in [2.24, 2.45) is 0 Å². The molecule has 0 amide bonds. The molecule has 1 heterocycles. The zero-order chi connectivity index (χ0) is 6.91. The molecule has 1 aromatic rings. The van der Waals surface area contributed by atoms with Crippen molar-refractivity contribution >= 4 is 0 Å². The molecule has 57 valence electrons. The Morgan fingerprint density at radius 3 is 2.20 bits per heavy atom. The first kappa shape index (κ1) is 9.87. The SMILES string of the molecule is CC(C)(C)n1cc[c-]n1.[Re]. The fourth-order valence-corrected chi connectivity index (χ4v) is 0.606. The van der Waals surface area contributed by atoms with Gasteiger partial charge in [0.25, 0.3) is 0 Å². The number of nitrogens with zero attached hydrogens (tertiary/aromatic N) is 2. The van der Waals surface area contributed by atoms with Crippen molar-refractivity contribution < 1.29 is 20.4 Å². The fourth-order valence-electron chi connectivity index (χ4n) is 0.606. The van der Waals surface area contributed by atoms with Gasteiger partial charge < -0.3 is 9.78 Å². The van der Waals surface area contributed by atoms with Gasteiger partial charge in [0, 0.05) is 26.0 Å². The molecular formula is C7H11N2Re-. The van der Waals surface area contributed by atoms with Crippen molar-refractivity contribution in [3.05, 3.63) is 18.5 Å². The molecule has 0 aromatic carbocycles. The smallest absolute Gasteiger partial charge is 0.0336 e. The quantitative estimate of drug-likeness (QED) is 0.663. The van der Waals surface area contributed by atoms with Gasteiger partial charge in [-0.05, 0) is 20.8 Å². The van der Waals surface area contributed by atoms with Crippen molar-refractivity contribution in [2.75, 3.05) is 0 Å². The van der Waals surface area contributed by atoms with Crippen LogP contribution in [-0.4, -0.2) is 9.78 Å². The van der Waals surface area contributed by atoms with Crippen molar-refractivity contribution in [1.29, 1.82) is 0 Å². The molecule has 0 saturated heterocycles. The van der Waals surface area contributed by atoms with E-state index in [-0.39, 0.29) is 26.0 Å². The number of hydrogen-bond donors (Lipinski definition) is 0. The summed E-state index contributed by atoms with van der Waals surface area (Å²) in [5, 5.41) is 3.98. The summed E-state index contributed by atoms with van der Waals surface area (Å²) in [6.45, 7) is 6.32. The van der Waals surface area contributed by atoms with Crippen LogP contribution in [-0.2, 0) is 26.0 Å². The van der Waals surface area contributed by atoms with Crippen LogP contribution in [0.1, 0.15) is 20.8 Å². The second-order valence-corrected chi connectivity index (χ2v) is 3.06. The van der Waals surface area contributed by atoms with Gasteiger partial charge in [-0.3, -0.25) is 0 Å². The minimum Gasteiger partial charge on any atom is -0.363 e. The molecule has 0 atom stereocenters. The number of hydrogen-bond acceptors (Lipinski definition) is 1. The molecule has 1 aromatic heterocycles. The van der Waals surface area contributed by atoms with E-state index < -0.39 is 0 Å². The Hall–Kier alpha value is -0.128. The third-order valence-electron chi connectivity index (χ3n) is 1.14. The van der Waals surface area contributed by atoms with Crippen LogP contribution in [0.3, 0.4) is 0 Å². The number of rotatable bonds is 0. The minimum absolute atomic E-state index is 0. The summed E-state index contributed by atoms with van der Waals surface area (Å²) < 4.78 is 1.88. The molecule has 10 heavy (non-hydrogen) atoms. The molecule has 0 saturated carbocycles. The zero-order valence-corrected chi connectivity index (χ0v) is 9.14. The fraction of sp³-hybridized carbons (Fsp3) is 0.571. The summed E-state index contributed by atoms with van der Waals surface area (Å²) >= 11 is 0. The van der Waals surface area contributed by atoms with Crippen LogP contribution >= 0.6 is 0 Å². The Bertz CT molecular complexity index is 174. The third-order valence-corrected chi connectivity index (χ3v) is 1.14. The molecule has 0 bridgehead atoms. The Morgan fingerprint density at radius 1 is 1.40 bits per heavy atom. The first-order valence-corrected chi connectivity index (χ1v) is 3.03. The van der Waals surface area contributed by atoms with Crippen molar-refractivity contribution in [3.63, 3.8) is 0 Å². The van der Waals surface area contributed by atoms with Gasteiger partial charge in [0.15, 0.2) is 0 Å². The first-order chi connectivity index (χ1) is 4.11. The van der Waals surface area contributed by atoms with Gasteiger partial charge in [-0.1, -0.05) is 0 Å². The molecule has 0 aliphatic heterocycles. The third kappa shape index (κ3) is 2.24. The van der Waals surface area contributed by atoms with Crippen LogP contribution in [0.25, 0.3) is 0 Å². The molecule has 3 heteroatoms. The Balaban J connectivity index is 0.000000810. The molecule has 0 aliphatic carbocycles. The van der Waals surface area contributed by atoms with E-state index in [1.54, 1.807) is 0 Å². The summed E-state index contributed by atoms with van der Waals surface area (Å²) in [4.78, 5) is 0. The second-order valence-electron chi connectivity index (χ2n) is 3.06. The van der Waals surface area contributed by atoms with Crippen molar-refractivity contribution in [2.45, 2.75) is 26.3 Å². The Labute approximate surface area is 75.3 Å². The summed E-state index contributed by atoms with van der Waals surface area (Å²) in [5.41, 5.74) is 0.0972. The van der Waals surface area contributed by atoms with E-state index in [9.17, 15) is 0 Å². The zero-order valence-electron chi connectivity index (χ0n) is 6.43. The monoisotopic (exact) mass is 310 g/mol. The summed E-state index contributed by atoms with van der Waals surface area (Å²) in [5.74, 6) is 0. The van der Waals surface area contributed by atoms with Crippen LogP contribution < -0.4 is 0 Å². The van der Waals surface area contributed by atoms with Gasteiger partial charge in [0.2, 0.25) is 0 Å². The molecule has 1 radical (unpaired) electrons. The average Bonchev–Trinajstić information content (AvgIpc) is 2.08.